The van der Waals surface area contributed by atoms with Crippen molar-refractivity contribution < 1.29 is 14.3 Å². The molecule has 0 radical (unpaired) electrons. The molecule has 1 aromatic heterocycles. The summed E-state index contributed by atoms with van der Waals surface area (Å²) in [6.07, 6.45) is 3.29. The maximum absolute atomic E-state index is 12.5. The van der Waals surface area contributed by atoms with E-state index in [0.29, 0.717) is 22.9 Å². The molecule has 6 nitrogen and oxygen atoms in total. The zero-order valence-corrected chi connectivity index (χ0v) is 18.3. The van der Waals surface area contributed by atoms with Gasteiger partial charge < -0.3 is 10.1 Å². The minimum atomic E-state index is -0.519. The van der Waals surface area contributed by atoms with Gasteiger partial charge in [0.2, 0.25) is 0 Å². The van der Waals surface area contributed by atoms with Gasteiger partial charge in [-0.15, -0.1) is 0 Å². The lowest BCUT2D eigenvalue weighted by Crippen LogP contribution is -2.45. The van der Waals surface area contributed by atoms with E-state index in [-0.39, 0.29) is 18.6 Å². The molecule has 1 aliphatic rings. The molecule has 3 atom stereocenters. The summed E-state index contributed by atoms with van der Waals surface area (Å²) in [6.45, 7) is 6.06. The number of aromatic nitrogens is 2. The molecule has 1 aliphatic carbocycles. The lowest BCUT2D eigenvalue weighted by atomic mass is 9.78. The van der Waals surface area contributed by atoms with Crippen LogP contribution in [0.4, 0.5) is 0 Å². The Bertz CT molecular complexity index is 1090. The van der Waals surface area contributed by atoms with Crippen molar-refractivity contribution in [1.82, 2.24) is 14.9 Å². The lowest BCUT2D eigenvalue weighted by molar-refractivity contribution is -0.125. The number of benzene rings is 2. The van der Waals surface area contributed by atoms with Crippen molar-refractivity contribution in [2.75, 3.05) is 6.61 Å². The second kappa shape index (κ2) is 8.92. The Morgan fingerprint density at radius 2 is 1.90 bits per heavy atom. The number of para-hydroxylation sites is 1. The number of amides is 1. The van der Waals surface area contributed by atoms with Crippen LogP contribution in [0, 0.1) is 18.8 Å². The van der Waals surface area contributed by atoms with Gasteiger partial charge in [0, 0.05) is 11.7 Å². The van der Waals surface area contributed by atoms with Crippen LogP contribution in [0.15, 0.2) is 48.5 Å². The molecule has 1 amide bonds. The summed E-state index contributed by atoms with van der Waals surface area (Å²) in [5.41, 5.74) is 3.03. The molecule has 0 bridgehead atoms. The molecule has 0 saturated heterocycles. The molecule has 4 rings (SSSR count). The number of nitrogens with one attached hydrogen (secondary N) is 1. The third-order valence-corrected chi connectivity index (χ3v) is 6.46. The van der Waals surface area contributed by atoms with Crippen LogP contribution in [0.3, 0.4) is 0 Å². The molecule has 0 spiro atoms. The Hall–Kier alpha value is -3.15. The van der Waals surface area contributed by atoms with Crippen LogP contribution >= 0.6 is 0 Å². The van der Waals surface area contributed by atoms with Crippen LogP contribution in [0.1, 0.15) is 49.3 Å². The largest absolute Gasteiger partial charge is 0.452 e. The Morgan fingerprint density at radius 1 is 1.13 bits per heavy atom. The fraction of sp³-hybridized carbons (Fsp3) is 0.400. The molecular formula is C25H29N3O3. The first-order valence-electron chi connectivity index (χ1n) is 10.9. The van der Waals surface area contributed by atoms with Gasteiger partial charge in [0.05, 0.1) is 16.6 Å². The second-order valence-electron chi connectivity index (χ2n) is 8.55. The Balaban J connectivity index is 1.42. The fourth-order valence-electron chi connectivity index (χ4n) is 4.48. The van der Waals surface area contributed by atoms with Crippen molar-refractivity contribution in [3.8, 4) is 5.69 Å². The predicted octanol–water partition coefficient (Wildman–Crippen LogP) is 4.43. The number of aryl methyl sites for hydroxylation is 1. The van der Waals surface area contributed by atoms with Crippen LogP contribution < -0.4 is 5.32 Å². The third-order valence-electron chi connectivity index (χ3n) is 6.46. The average Bonchev–Trinajstić information content (AvgIpc) is 3.10. The lowest BCUT2D eigenvalue weighted by Gasteiger charge is -2.34. The topological polar surface area (TPSA) is 73.2 Å². The number of fused-ring (bicyclic) bond motifs is 1. The number of carbonyl (C=O) groups excluding carboxylic acids is 2. The van der Waals surface area contributed by atoms with Gasteiger partial charge >= 0.3 is 5.97 Å². The van der Waals surface area contributed by atoms with E-state index in [4.69, 9.17) is 4.74 Å². The molecule has 1 heterocycles. The summed E-state index contributed by atoms with van der Waals surface area (Å²) >= 11 is 0. The van der Waals surface area contributed by atoms with Crippen LogP contribution in [0.2, 0.25) is 0 Å². The summed E-state index contributed by atoms with van der Waals surface area (Å²) in [6, 6.07) is 15.4. The number of carbonyl (C=O) groups is 2. The minimum Gasteiger partial charge on any atom is -0.452 e. The first-order valence-corrected chi connectivity index (χ1v) is 10.9. The molecule has 3 aromatic rings. The molecule has 1 N–H and O–H groups in total. The number of ether oxygens (including phenoxy) is 1. The second-order valence-corrected chi connectivity index (χ2v) is 8.55. The van der Waals surface area contributed by atoms with Crippen molar-refractivity contribution in [3.63, 3.8) is 0 Å². The quantitative estimate of drug-likeness (QED) is 0.621. The van der Waals surface area contributed by atoms with Gasteiger partial charge in [0.25, 0.3) is 5.91 Å². The number of rotatable bonds is 5. The van der Waals surface area contributed by atoms with Gasteiger partial charge in [-0.1, -0.05) is 44.9 Å². The molecule has 1 saturated carbocycles. The molecule has 162 valence electrons. The van der Waals surface area contributed by atoms with Gasteiger partial charge in [0.15, 0.2) is 6.61 Å². The number of hydrogen-bond acceptors (Lipinski definition) is 4. The standard InChI is InChI=1S/C25H29N3O3/c1-16-8-7-11-21(17(16)2)27-24(29)15-31-25(30)19-12-13-23-22(14-19)26-18(3)28(23)20-9-5-4-6-10-20/h4-6,9-10,12-14,16-17,21H,7-8,11,15H2,1-3H3,(H,27,29)/t16-,17+,21-/m1/s1. The maximum atomic E-state index is 12.5. The van der Waals surface area contributed by atoms with Crippen molar-refractivity contribution in [2.45, 2.75) is 46.1 Å². The number of imidazole rings is 1. The number of hydrogen-bond donors (Lipinski definition) is 1. The number of nitrogens with zero attached hydrogens (tertiary/aromatic N) is 2. The summed E-state index contributed by atoms with van der Waals surface area (Å²) < 4.78 is 7.32. The highest BCUT2D eigenvalue weighted by atomic mass is 16.5. The summed E-state index contributed by atoms with van der Waals surface area (Å²) in [4.78, 5) is 29.4. The fourth-order valence-corrected chi connectivity index (χ4v) is 4.48. The summed E-state index contributed by atoms with van der Waals surface area (Å²) in [7, 11) is 0. The molecular weight excluding hydrogens is 390 g/mol. The molecule has 0 aliphatic heterocycles. The third kappa shape index (κ3) is 4.48. The normalized spacial score (nSPS) is 21.1. The highest BCUT2D eigenvalue weighted by Crippen LogP contribution is 2.29. The minimum absolute atomic E-state index is 0.149. The zero-order valence-electron chi connectivity index (χ0n) is 18.3. The van der Waals surface area contributed by atoms with E-state index in [9.17, 15) is 9.59 Å². The van der Waals surface area contributed by atoms with Crippen molar-refractivity contribution >= 4 is 22.9 Å². The highest BCUT2D eigenvalue weighted by molar-refractivity contribution is 5.95. The van der Waals surface area contributed by atoms with E-state index >= 15 is 0 Å². The summed E-state index contributed by atoms with van der Waals surface area (Å²) in [5.74, 6) is 1.09. The van der Waals surface area contributed by atoms with Crippen molar-refractivity contribution in [3.05, 3.63) is 59.9 Å². The first kappa shape index (κ1) is 21.1. The Kier molecular flexibility index (Phi) is 6.07. The van der Waals surface area contributed by atoms with E-state index in [1.807, 2.05) is 47.9 Å². The molecule has 31 heavy (non-hydrogen) atoms. The van der Waals surface area contributed by atoms with Crippen LogP contribution in [-0.4, -0.2) is 34.1 Å². The Morgan fingerprint density at radius 3 is 2.68 bits per heavy atom. The van der Waals surface area contributed by atoms with E-state index in [1.165, 1.54) is 6.42 Å². The van der Waals surface area contributed by atoms with Gasteiger partial charge in [0.1, 0.15) is 5.82 Å². The van der Waals surface area contributed by atoms with E-state index < -0.39 is 5.97 Å². The molecule has 6 heteroatoms. The predicted molar refractivity (Wildman–Crippen MR) is 120 cm³/mol. The SMILES string of the molecule is Cc1nc2cc(C(=O)OCC(=O)N[C@@H]3CCC[C@@H](C)[C@@H]3C)ccc2n1-c1ccccc1. The maximum Gasteiger partial charge on any atom is 0.338 e. The van der Waals surface area contributed by atoms with E-state index in [2.05, 4.69) is 24.1 Å². The van der Waals surface area contributed by atoms with Gasteiger partial charge in [-0.2, -0.15) is 0 Å². The molecule has 0 unspecified atom stereocenters. The highest BCUT2D eigenvalue weighted by Gasteiger charge is 2.28. The average molecular weight is 420 g/mol. The summed E-state index contributed by atoms with van der Waals surface area (Å²) in [5, 5.41) is 3.03. The van der Waals surface area contributed by atoms with E-state index in [1.54, 1.807) is 12.1 Å². The zero-order chi connectivity index (χ0) is 22.0. The Labute approximate surface area is 182 Å². The van der Waals surface area contributed by atoms with Gasteiger partial charge in [-0.3, -0.25) is 9.36 Å². The number of esters is 1. The van der Waals surface area contributed by atoms with Crippen LogP contribution in [0.5, 0.6) is 0 Å². The van der Waals surface area contributed by atoms with Gasteiger partial charge in [-0.25, -0.2) is 9.78 Å². The molecule has 2 aromatic carbocycles. The monoisotopic (exact) mass is 419 g/mol. The van der Waals surface area contributed by atoms with E-state index in [0.717, 1.165) is 29.9 Å². The van der Waals surface area contributed by atoms with Crippen molar-refractivity contribution in [2.24, 2.45) is 11.8 Å². The first-order chi connectivity index (χ1) is 14.9. The van der Waals surface area contributed by atoms with Crippen LogP contribution in [0.25, 0.3) is 16.7 Å². The molecule has 1 fully saturated rings. The van der Waals surface area contributed by atoms with Crippen LogP contribution in [-0.2, 0) is 9.53 Å². The smallest absolute Gasteiger partial charge is 0.338 e. The van der Waals surface area contributed by atoms with Gasteiger partial charge in [-0.05, 0) is 55.5 Å². The van der Waals surface area contributed by atoms with Crippen molar-refractivity contribution in [1.29, 1.82) is 0 Å².